The minimum atomic E-state index is -0.210. The van der Waals surface area contributed by atoms with E-state index in [1.807, 2.05) is 0 Å². The summed E-state index contributed by atoms with van der Waals surface area (Å²) in [5.74, 6) is 0. The Bertz CT molecular complexity index is 4630. The van der Waals surface area contributed by atoms with Crippen molar-refractivity contribution < 1.29 is 0 Å². The van der Waals surface area contributed by atoms with Gasteiger partial charge in [-0.05, 0) is 214 Å². The molecular weight excluding hydrogens is 1100 g/mol. The third-order valence-electron chi connectivity index (χ3n) is 20.1. The summed E-state index contributed by atoms with van der Waals surface area (Å²) in [6.07, 6.45) is 0. The molecule has 0 bridgehead atoms. The molecule has 3 aliphatic rings. The molecule has 0 spiro atoms. The molecule has 11 aromatic carbocycles. The molecule has 452 valence electrons. The highest BCUT2D eigenvalue weighted by Gasteiger charge is 2.45. The molecule has 1 aliphatic carbocycles. The molecule has 14 rings (SSSR count). The normalized spacial score (nSPS) is 14.0. The Hall–Kier alpha value is -9.12. The number of fused-ring (bicyclic) bond motifs is 7. The maximum Gasteiger partial charge on any atom is 0.252 e. The van der Waals surface area contributed by atoms with E-state index in [9.17, 15) is 0 Å². The number of nitrogens with zero attached hydrogens (tertiary/aromatic N) is 3. The molecule has 2 aliphatic heterocycles. The molecule has 0 saturated heterocycles. The van der Waals surface area contributed by atoms with Crippen LogP contribution in [-0.2, 0) is 27.1 Å². The van der Waals surface area contributed by atoms with Gasteiger partial charge in [0.25, 0.3) is 6.71 Å². The largest absolute Gasteiger partial charge is 0.311 e. The van der Waals surface area contributed by atoms with Gasteiger partial charge < -0.3 is 14.7 Å². The third-order valence-corrected chi connectivity index (χ3v) is 20.1. The number of rotatable bonds is 8. The van der Waals surface area contributed by atoms with E-state index in [0.29, 0.717) is 0 Å². The van der Waals surface area contributed by atoms with Crippen LogP contribution in [0.2, 0.25) is 0 Å². The zero-order valence-corrected chi connectivity index (χ0v) is 56.4. The zero-order valence-electron chi connectivity index (χ0n) is 56.4. The van der Waals surface area contributed by atoms with E-state index < -0.39 is 0 Å². The van der Waals surface area contributed by atoms with E-state index in [0.717, 1.165) is 28.4 Å². The first-order valence-corrected chi connectivity index (χ1v) is 32.9. The van der Waals surface area contributed by atoms with Crippen molar-refractivity contribution in [3.63, 3.8) is 0 Å². The average Bonchev–Trinajstić information content (AvgIpc) is 1.47. The van der Waals surface area contributed by atoms with Crippen LogP contribution >= 0.6 is 0 Å². The fraction of sp³-hybridized carbons (Fsp3) is 0.241. The minimum absolute atomic E-state index is 0.00172. The summed E-state index contributed by atoms with van der Waals surface area (Å²) in [4.78, 5) is 7.78. The van der Waals surface area contributed by atoms with Crippen molar-refractivity contribution in [3.8, 4) is 44.5 Å². The topological polar surface area (TPSA) is 9.72 Å². The molecule has 0 fully saturated rings. The van der Waals surface area contributed by atoms with Crippen LogP contribution in [0.4, 0.5) is 51.2 Å². The highest BCUT2D eigenvalue weighted by atomic mass is 15.2. The van der Waals surface area contributed by atoms with E-state index in [-0.39, 0.29) is 33.8 Å². The van der Waals surface area contributed by atoms with Gasteiger partial charge in [-0.15, -0.1) is 0 Å². The van der Waals surface area contributed by atoms with Crippen molar-refractivity contribution in [3.05, 3.63) is 275 Å². The van der Waals surface area contributed by atoms with Gasteiger partial charge in [0, 0.05) is 50.9 Å². The first-order chi connectivity index (χ1) is 43.2. The summed E-state index contributed by atoms with van der Waals surface area (Å²) in [6, 6.07) is 89.0. The summed E-state index contributed by atoms with van der Waals surface area (Å²) in [7, 11) is 0. The van der Waals surface area contributed by atoms with Crippen molar-refractivity contribution in [1.29, 1.82) is 0 Å². The Labute approximate surface area is 543 Å². The highest BCUT2D eigenvalue weighted by molar-refractivity contribution is 7.00. The molecule has 0 radical (unpaired) electrons. The van der Waals surface area contributed by atoms with Crippen LogP contribution in [0.5, 0.6) is 0 Å². The van der Waals surface area contributed by atoms with Crippen molar-refractivity contribution in [2.45, 2.75) is 138 Å². The fourth-order valence-corrected chi connectivity index (χ4v) is 14.9. The average molecular weight is 1180 g/mol. The van der Waals surface area contributed by atoms with Gasteiger partial charge in [0.05, 0.1) is 5.69 Å². The Morgan fingerprint density at radius 1 is 0.330 bits per heavy atom. The van der Waals surface area contributed by atoms with Crippen LogP contribution in [0, 0.1) is 13.8 Å². The second-order valence-electron chi connectivity index (χ2n) is 30.8. The zero-order chi connectivity index (χ0) is 63.8. The lowest BCUT2D eigenvalue weighted by Gasteiger charge is -2.45. The molecule has 4 heteroatoms. The van der Waals surface area contributed by atoms with Gasteiger partial charge in [0.2, 0.25) is 0 Å². The Kier molecular flexibility index (Phi) is 14.1. The summed E-state index contributed by atoms with van der Waals surface area (Å²) >= 11 is 0. The van der Waals surface area contributed by atoms with Crippen molar-refractivity contribution in [2.24, 2.45) is 0 Å². The summed E-state index contributed by atoms with van der Waals surface area (Å²) in [5, 5.41) is 0. The lowest BCUT2D eigenvalue weighted by Crippen LogP contribution is -2.61. The number of anilines is 9. The Morgan fingerprint density at radius 3 is 1.45 bits per heavy atom. The first-order valence-electron chi connectivity index (χ1n) is 32.9. The van der Waals surface area contributed by atoms with Gasteiger partial charge >= 0.3 is 0 Å². The molecular formula is C87H86BN3. The first kappa shape index (κ1) is 59.5. The number of aryl methyl sites for hydroxylation is 2. The van der Waals surface area contributed by atoms with Crippen molar-refractivity contribution >= 4 is 74.3 Å². The van der Waals surface area contributed by atoms with Crippen LogP contribution in [0.25, 0.3) is 44.5 Å². The fourth-order valence-electron chi connectivity index (χ4n) is 14.9. The maximum atomic E-state index is 2.65. The molecule has 2 heterocycles. The van der Waals surface area contributed by atoms with E-state index >= 15 is 0 Å². The molecule has 11 aromatic rings. The van der Waals surface area contributed by atoms with Crippen LogP contribution < -0.4 is 31.1 Å². The van der Waals surface area contributed by atoms with Gasteiger partial charge in [-0.2, -0.15) is 0 Å². The van der Waals surface area contributed by atoms with Gasteiger partial charge in [-0.25, -0.2) is 0 Å². The smallest absolute Gasteiger partial charge is 0.252 e. The predicted molar refractivity (Wildman–Crippen MR) is 393 cm³/mol. The van der Waals surface area contributed by atoms with E-state index in [1.54, 1.807) is 0 Å². The monoisotopic (exact) mass is 1180 g/mol. The van der Waals surface area contributed by atoms with Crippen molar-refractivity contribution in [2.75, 3.05) is 14.7 Å². The van der Waals surface area contributed by atoms with Crippen molar-refractivity contribution in [1.82, 2.24) is 0 Å². The molecule has 0 saturated carbocycles. The van der Waals surface area contributed by atoms with Crippen LogP contribution in [0.1, 0.15) is 141 Å². The predicted octanol–water partition coefficient (Wildman–Crippen LogP) is 22.4. The molecule has 0 amide bonds. The van der Waals surface area contributed by atoms with E-state index in [2.05, 4.69) is 356 Å². The molecule has 0 aromatic heterocycles. The summed E-state index contributed by atoms with van der Waals surface area (Å²) in [5.41, 5.74) is 34.3. The molecule has 0 N–H and O–H groups in total. The lowest BCUT2D eigenvalue weighted by atomic mass is 9.33. The maximum absolute atomic E-state index is 2.65. The number of hydrogen-bond donors (Lipinski definition) is 0. The Balaban J connectivity index is 1.07. The molecule has 3 nitrogen and oxygen atoms in total. The second-order valence-corrected chi connectivity index (χ2v) is 30.8. The molecule has 91 heavy (non-hydrogen) atoms. The SMILES string of the molecule is Cc1cc(C(C)(C)C)cc(C)c1N(c1ccc(C(C)(C)C)cc1)c1ccc2c(c1)N(c1ccc(-c3ccc4c(c3)C(C)(C)c3ccccc3-4)c(-c3ccccc3)c1)c1cc(C(C)(C)C)cc3c1B2c1cc(-c2ccccc2)ccc1N3c1ccc(C(C)(C)C)cc1. The molecule has 0 unspecified atom stereocenters. The summed E-state index contributed by atoms with van der Waals surface area (Å²) < 4.78 is 0. The van der Waals surface area contributed by atoms with Gasteiger partial charge in [-0.3, -0.25) is 0 Å². The minimum Gasteiger partial charge on any atom is -0.311 e. The lowest BCUT2D eigenvalue weighted by molar-refractivity contribution is 0.589. The quantitative estimate of drug-likeness (QED) is 0.140. The third kappa shape index (κ3) is 10.2. The second kappa shape index (κ2) is 21.5. The standard InChI is InChI=1S/C87H86BN3/c1-55-47-63(85(9,10)11)48-56(2)82(55)89(65-37-33-61(34-38-65)83(3,4)5)68-42-45-75-78(54-68)91(67-41-44-69(72(53-67)58-27-21-18-22-28-58)60-31-43-71-70-29-23-24-30-73(70)87(15,16)74(71)49-60)80-52-64(86(12,13)14)51-79-81(80)88(75)76-50-59(57-25-19-17-20-26-57)32-46-77(76)90(79)66-39-35-62(36-40-66)84(6,7)8/h17-54H,1-16H3. The van der Waals surface area contributed by atoms with Gasteiger partial charge in [-0.1, -0.05) is 255 Å². The number of hydrogen-bond acceptors (Lipinski definition) is 3. The van der Waals surface area contributed by atoms with Gasteiger partial charge in [0.15, 0.2) is 0 Å². The number of benzene rings is 11. The highest BCUT2D eigenvalue weighted by Crippen LogP contribution is 2.53. The van der Waals surface area contributed by atoms with E-state index in [4.69, 9.17) is 0 Å². The Morgan fingerprint density at radius 2 is 0.835 bits per heavy atom. The van der Waals surface area contributed by atoms with E-state index in [1.165, 1.54) is 128 Å². The summed E-state index contributed by atoms with van der Waals surface area (Å²) in [6.45, 7) is 37.2. The van der Waals surface area contributed by atoms with Crippen LogP contribution in [0.3, 0.4) is 0 Å². The van der Waals surface area contributed by atoms with Crippen LogP contribution in [0.15, 0.2) is 231 Å². The molecule has 0 atom stereocenters. The van der Waals surface area contributed by atoms with Gasteiger partial charge in [0.1, 0.15) is 0 Å². The van der Waals surface area contributed by atoms with Crippen LogP contribution in [-0.4, -0.2) is 6.71 Å².